The SMILES string of the molecule is CC(C)c1ccccc1C1CC(O)CCO1. The maximum atomic E-state index is 9.69. The Morgan fingerprint density at radius 2 is 2.06 bits per heavy atom. The standard InChI is InChI=1S/C14H20O2/c1-10(2)12-5-3-4-6-13(12)14-9-11(15)7-8-16-14/h3-6,10-11,14-15H,7-9H2,1-2H3. The van der Waals surface area contributed by atoms with E-state index in [0.717, 1.165) is 12.8 Å². The van der Waals surface area contributed by atoms with Crippen LogP contribution in [0, 0.1) is 0 Å². The van der Waals surface area contributed by atoms with Crippen LogP contribution in [0.3, 0.4) is 0 Å². The fraction of sp³-hybridized carbons (Fsp3) is 0.571. The minimum atomic E-state index is -0.209. The molecule has 2 unspecified atom stereocenters. The second-order valence-corrected chi connectivity index (χ2v) is 4.82. The lowest BCUT2D eigenvalue weighted by atomic mass is 9.90. The predicted molar refractivity (Wildman–Crippen MR) is 64.5 cm³/mol. The summed E-state index contributed by atoms with van der Waals surface area (Å²) in [7, 11) is 0. The van der Waals surface area contributed by atoms with E-state index in [9.17, 15) is 5.11 Å². The van der Waals surface area contributed by atoms with E-state index in [1.165, 1.54) is 11.1 Å². The first kappa shape index (κ1) is 11.6. The molecule has 1 N–H and O–H groups in total. The van der Waals surface area contributed by atoms with E-state index < -0.39 is 0 Å². The van der Waals surface area contributed by atoms with Crippen molar-refractivity contribution in [2.45, 2.75) is 44.8 Å². The molecule has 1 aliphatic rings. The van der Waals surface area contributed by atoms with Crippen LogP contribution in [0.5, 0.6) is 0 Å². The highest BCUT2D eigenvalue weighted by Gasteiger charge is 2.24. The Hall–Kier alpha value is -0.860. The molecule has 2 atom stereocenters. The zero-order chi connectivity index (χ0) is 11.5. The van der Waals surface area contributed by atoms with Crippen molar-refractivity contribution in [1.82, 2.24) is 0 Å². The molecule has 0 aromatic heterocycles. The lowest BCUT2D eigenvalue weighted by Crippen LogP contribution is -2.24. The Labute approximate surface area is 97.3 Å². The van der Waals surface area contributed by atoms with Crippen molar-refractivity contribution in [3.63, 3.8) is 0 Å². The number of hydrogen-bond donors (Lipinski definition) is 1. The van der Waals surface area contributed by atoms with Gasteiger partial charge in [0.2, 0.25) is 0 Å². The maximum absolute atomic E-state index is 9.69. The molecule has 2 rings (SSSR count). The zero-order valence-corrected chi connectivity index (χ0v) is 10.0. The molecule has 0 bridgehead atoms. The lowest BCUT2D eigenvalue weighted by Gasteiger charge is -2.29. The summed E-state index contributed by atoms with van der Waals surface area (Å²) in [5.41, 5.74) is 2.58. The van der Waals surface area contributed by atoms with Gasteiger partial charge in [-0.25, -0.2) is 0 Å². The molecule has 1 aromatic rings. The normalized spacial score (nSPS) is 26.0. The van der Waals surface area contributed by atoms with Gasteiger partial charge in [0, 0.05) is 13.0 Å². The molecule has 0 aliphatic carbocycles. The van der Waals surface area contributed by atoms with Crippen molar-refractivity contribution in [2.24, 2.45) is 0 Å². The van der Waals surface area contributed by atoms with Crippen molar-refractivity contribution in [3.05, 3.63) is 35.4 Å². The van der Waals surface area contributed by atoms with Crippen LogP contribution in [0.1, 0.15) is 49.8 Å². The zero-order valence-electron chi connectivity index (χ0n) is 10.0. The molecule has 1 aromatic carbocycles. The Morgan fingerprint density at radius 1 is 1.31 bits per heavy atom. The molecule has 0 radical (unpaired) electrons. The van der Waals surface area contributed by atoms with Gasteiger partial charge in [-0.3, -0.25) is 0 Å². The number of hydrogen-bond acceptors (Lipinski definition) is 2. The molecule has 2 heteroatoms. The number of aliphatic hydroxyl groups excluding tert-OH is 1. The van der Waals surface area contributed by atoms with Crippen LogP contribution in [0.4, 0.5) is 0 Å². The van der Waals surface area contributed by atoms with Crippen molar-refractivity contribution >= 4 is 0 Å². The summed E-state index contributed by atoms with van der Waals surface area (Å²) in [6, 6.07) is 8.39. The fourth-order valence-corrected chi connectivity index (χ4v) is 2.33. The van der Waals surface area contributed by atoms with Gasteiger partial charge >= 0.3 is 0 Å². The van der Waals surface area contributed by atoms with Crippen molar-refractivity contribution in [2.75, 3.05) is 6.61 Å². The third kappa shape index (κ3) is 2.45. The van der Waals surface area contributed by atoms with Crippen LogP contribution in [0.25, 0.3) is 0 Å². The Morgan fingerprint density at radius 3 is 2.75 bits per heavy atom. The first-order valence-corrected chi connectivity index (χ1v) is 6.07. The number of rotatable bonds is 2. The monoisotopic (exact) mass is 220 g/mol. The molecule has 1 heterocycles. The average molecular weight is 220 g/mol. The summed E-state index contributed by atoms with van der Waals surface area (Å²) in [6.07, 6.45) is 1.35. The average Bonchev–Trinajstić information content (AvgIpc) is 2.29. The van der Waals surface area contributed by atoms with Gasteiger partial charge in [-0.05, 0) is 23.5 Å². The molecule has 1 aliphatic heterocycles. The van der Waals surface area contributed by atoms with Crippen LogP contribution < -0.4 is 0 Å². The summed E-state index contributed by atoms with van der Waals surface area (Å²) in [4.78, 5) is 0. The Balaban J connectivity index is 2.25. The van der Waals surface area contributed by atoms with Gasteiger partial charge in [0.05, 0.1) is 12.2 Å². The molecule has 2 nitrogen and oxygen atoms in total. The van der Waals surface area contributed by atoms with Gasteiger partial charge in [-0.2, -0.15) is 0 Å². The second-order valence-electron chi connectivity index (χ2n) is 4.82. The summed E-state index contributed by atoms with van der Waals surface area (Å²) >= 11 is 0. The molecule has 0 saturated carbocycles. The van der Waals surface area contributed by atoms with E-state index in [1.807, 2.05) is 6.07 Å². The van der Waals surface area contributed by atoms with Gasteiger partial charge in [0.15, 0.2) is 0 Å². The molecular formula is C14H20O2. The first-order chi connectivity index (χ1) is 7.68. The molecular weight excluding hydrogens is 200 g/mol. The van der Waals surface area contributed by atoms with Crippen LogP contribution >= 0.6 is 0 Å². The van der Waals surface area contributed by atoms with Crippen LogP contribution in [0.2, 0.25) is 0 Å². The minimum Gasteiger partial charge on any atom is -0.393 e. The highest BCUT2D eigenvalue weighted by atomic mass is 16.5. The third-order valence-corrected chi connectivity index (χ3v) is 3.22. The molecule has 16 heavy (non-hydrogen) atoms. The quantitative estimate of drug-likeness (QED) is 0.830. The largest absolute Gasteiger partial charge is 0.393 e. The molecule has 0 spiro atoms. The molecule has 1 fully saturated rings. The lowest BCUT2D eigenvalue weighted by molar-refractivity contribution is -0.0452. The highest BCUT2D eigenvalue weighted by Crippen LogP contribution is 2.33. The summed E-state index contributed by atoms with van der Waals surface area (Å²) in [5, 5.41) is 9.69. The maximum Gasteiger partial charge on any atom is 0.0852 e. The molecule has 88 valence electrons. The summed E-state index contributed by atoms with van der Waals surface area (Å²) < 4.78 is 5.77. The van der Waals surface area contributed by atoms with E-state index in [-0.39, 0.29) is 12.2 Å². The number of ether oxygens (including phenoxy) is 1. The Bertz CT molecular complexity index is 346. The van der Waals surface area contributed by atoms with Gasteiger partial charge in [0.25, 0.3) is 0 Å². The smallest absolute Gasteiger partial charge is 0.0852 e. The van der Waals surface area contributed by atoms with Gasteiger partial charge in [-0.15, -0.1) is 0 Å². The van der Waals surface area contributed by atoms with Gasteiger partial charge in [0.1, 0.15) is 0 Å². The van der Waals surface area contributed by atoms with E-state index in [2.05, 4.69) is 32.0 Å². The number of aliphatic hydroxyl groups is 1. The van der Waals surface area contributed by atoms with Crippen LogP contribution in [-0.2, 0) is 4.74 Å². The number of benzene rings is 1. The van der Waals surface area contributed by atoms with Gasteiger partial charge < -0.3 is 9.84 Å². The van der Waals surface area contributed by atoms with Crippen molar-refractivity contribution in [3.8, 4) is 0 Å². The van der Waals surface area contributed by atoms with E-state index >= 15 is 0 Å². The van der Waals surface area contributed by atoms with Crippen molar-refractivity contribution in [1.29, 1.82) is 0 Å². The van der Waals surface area contributed by atoms with Gasteiger partial charge in [-0.1, -0.05) is 38.1 Å². The third-order valence-electron chi connectivity index (χ3n) is 3.22. The van der Waals surface area contributed by atoms with Crippen LogP contribution in [-0.4, -0.2) is 17.8 Å². The minimum absolute atomic E-state index is 0.0716. The predicted octanol–water partition coefficient (Wildman–Crippen LogP) is 3.02. The van der Waals surface area contributed by atoms with Crippen molar-refractivity contribution < 1.29 is 9.84 Å². The summed E-state index contributed by atoms with van der Waals surface area (Å²) in [5.74, 6) is 0.499. The fourth-order valence-electron chi connectivity index (χ4n) is 2.33. The Kier molecular flexibility index (Phi) is 3.62. The molecule has 1 saturated heterocycles. The summed E-state index contributed by atoms with van der Waals surface area (Å²) in [6.45, 7) is 5.05. The molecule has 0 amide bonds. The van der Waals surface area contributed by atoms with Crippen LogP contribution in [0.15, 0.2) is 24.3 Å². The van der Waals surface area contributed by atoms with E-state index in [1.54, 1.807) is 0 Å². The topological polar surface area (TPSA) is 29.5 Å². The van der Waals surface area contributed by atoms with E-state index in [0.29, 0.717) is 12.5 Å². The van der Waals surface area contributed by atoms with E-state index in [4.69, 9.17) is 4.74 Å². The second kappa shape index (κ2) is 4.98. The first-order valence-electron chi connectivity index (χ1n) is 6.07. The highest BCUT2D eigenvalue weighted by molar-refractivity contribution is 5.32.